The average molecular weight is 277 g/mol. The van der Waals surface area contributed by atoms with Crippen LogP contribution < -0.4 is 5.32 Å². The van der Waals surface area contributed by atoms with Crippen LogP contribution in [0.3, 0.4) is 0 Å². The Bertz CT molecular complexity index is 538. The van der Waals surface area contributed by atoms with E-state index in [1.54, 1.807) is 25.2 Å². The maximum atomic E-state index is 13.9. The highest BCUT2D eigenvalue weighted by atomic mass is 19.1. The van der Waals surface area contributed by atoms with Crippen LogP contribution in [0.4, 0.5) is 14.6 Å². The van der Waals surface area contributed by atoms with Crippen molar-refractivity contribution in [3.05, 3.63) is 59.8 Å². The Morgan fingerprint density at radius 1 is 1.10 bits per heavy atom. The zero-order valence-corrected chi connectivity index (χ0v) is 11.5. The van der Waals surface area contributed by atoms with E-state index in [2.05, 4.69) is 10.3 Å². The molecule has 0 aliphatic heterocycles. The van der Waals surface area contributed by atoms with Crippen molar-refractivity contribution in [1.29, 1.82) is 0 Å². The van der Waals surface area contributed by atoms with Crippen LogP contribution >= 0.6 is 0 Å². The molecule has 1 N–H and O–H groups in total. The molecule has 0 amide bonds. The van der Waals surface area contributed by atoms with E-state index in [9.17, 15) is 8.78 Å². The molecule has 3 nitrogen and oxygen atoms in total. The monoisotopic (exact) mass is 277 g/mol. The topological polar surface area (TPSA) is 28.2 Å². The summed E-state index contributed by atoms with van der Waals surface area (Å²) in [5, 5.41) is 3.09. The van der Waals surface area contributed by atoms with Crippen molar-refractivity contribution >= 4 is 5.82 Å². The van der Waals surface area contributed by atoms with Gasteiger partial charge in [0.2, 0.25) is 0 Å². The minimum absolute atomic E-state index is 0.0703. The summed E-state index contributed by atoms with van der Waals surface area (Å²) in [6, 6.07) is 8.97. The number of benzene rings is 1. The molecule has 1 aromatic carbocycles. The number of likely N-dealkylation sites (N-methyl/N-ethyl adjacent to an activating group) is 1. The Labute approximate surface area is 117 Å². The van der Waals surface area contributed by atoms with Crippen LogP contribution in [-0.2, 0) is 0 Å². The van der Waals surface area contributed by atoms with Gasteiger partial charge in [0.25, 0.3) is 0 Å². The highest BCUT2D eigenvalue weighted by Gasteiger charge is 2.21. The lowest BCUT2D eigenvalue weighted by Crippen LogP contribution is -2.28. The van der Waals surface area contributed by atoms with Gasteiger partial charge in [0.15, 0.2) is 0 Å². The maximum Gasteiger partial charge on any atom is 0.130 e. The van der Waals surface area contributed by atoms with Crippen LogP contribution in [0.1, 0.15) is 11.6 Å². The SMILES string of the molecule is CN(C)C(CNc1ccccn1)c1c(F)cccc1F. The largest absolute Gasteiger partial charge is 0.368 e. The first kappa shape index (κ1) is 14.4. The van der Waals surface area contributed by atoms with Crippen LogP contribution in [0, 0.1) is 11.6 Å². The first-order chi connectivity index (χ1) is 9.59. The quantitative estimate of drug-likeness (QED) is 0.910. The molecule has 2 rings (SSSR count). The third-order valence-electron chi connectivity index (χ3n) is 3.10. The summed E-state index contributed by atoms with van der Waals surface area (Å²) in [7, 11) is 3.58. The molecule has 5 heteroatoms. The van der Waals surface area contributed by atoms with Crippen LogP contribution in [-0.4, -0.2) is 30.5 Å². The molecule has 0 saturated carbocycles. The van der Waals surface area contributed by atoms with Crippen molar-refractivity contribution in [1.82, 2.24) is 9.88 Å². The fourth-order valence-corrected chi connectivity index (χ4v) is 2.04. The zero-order valence-electron chi connectivity index (χ0n) is 11.5. The van der Waals surface area contributed by atoms with E-state index in [0.29, 0.717) is 12.4 Å². The Morgan fingerprint density at radius 2 is 1.80 bits per heavy atom. The molecule has 0 aliphatic carbocycles. The van der Waals surface area contributed by atoms with Crippen molar-refractivity contribution < 1.29 is 8.78 Å². The molecule has 1 atom stereocenters. The Hall–Kier alpha value is -2.01. The number of rotatable bonds is 5. The first-order valence-corrected chi connectivity index (χ1v) is 6.35. The van der Waals surface area contributed by atoms with E-state index >= 15 is 0 Å². The van der Waals surface area contributed by atoms with E-state index in [0.717, 1.165) is 0 Å². The van der Waals surface area contributed by atoms with Gasteiger partial charge in [0, 0.05) is 18.3 Å². The number of nitrogens with one attached hydrogen (secondary N) is 1. The number of anilines is 1. The van der Waals surface area contributed by atoms with Gasteiger partial charge < -0.3 is 10.2 Å². The zero-order chi connectivity index (χ0) is 14.5. The second kappa shape index (κ2) is 6.43. The van der Waals surface area contributed by atoms with Crippen LogP contribution in [0.2, 0.25) is 0 Å². The number of pyridine rings is 1. The molecule has 0 saturated heterocycles. The smallest absolute Gasteiger partial charge is 0.130 e. The number of hydrogen-bond donors (Lipinski definition) is 1. The van der Waals surface area contributed by atoms with E-state index < -0.39 is 17.7 Å². The maximum absolute atomic E-state index is 13.9. The van der Waals surface area contributed by atoms with Gasteiger partial charge in [0.05, 0.1) is 6.04 Å². The van der Waals surface area contributed by atoms with E-state index in [4.69, 9.17) is 0 Å². The molecule has 1 heterocycles. The predicted molar refractivity (Wildman–Crippen MR) is 75.5 cm³/mol. The molecule has 1 unspecified atom stereocenters. The van der Waals surface area contributed by atoms with Crippen LogP contribution in [0.5, 0.6) is 0 Å². The molecule has 0 aliphatic rings. The first-order valence-electron chi connectivity index (χ1n) is 6.35. The van der Waals surface area contributed by atoms with Crippen LogP contribution in [0.25, 0.3) is 0 Å². The summed E-state index contributed by atoms with van der Waals surface area (Å²) in [6.45, 7) is 0.363. The molecular weight excluding hydrogens is 260 g/mol. The number of hydrogen-bond acceptors (Lipinski definition) is 3. The van der Waals surface area contributed by atoms with Gasteiger partial charge in [-0.05, 0) is 38.4 Å². The third kappa shape index (κ3) is 3.30. The molecule has 106 valence electrons. The van der Waals surface area contributed by atoms with E-state index in [1.165, 1.54) is 18.2 Å². The molecule has 0 spiro atoms. The third-order valence-corrected chi connectivity index (χ3v) is 3.10. The molecule has 0 fully saturated rings. The van der Waals surface area contributed by atoms with E-state index in [-0.39, 0.29) is 5.56 Å². The summed E-state index contributed by atoms with van der Waals surface area (Å²) in [4.78, 5) is 5.91. The lowest BCUT2D eigenvalue weighted by molar-refractivity contribution is 0.295. The second-order valence-corrected chi connectivity index (χ2v) is 4.71. The molecule has 2 aromatic rings. The summed E-state index contributed by atoms with van der Waals surface area (Å²) in [5.41, 5.74) is 0.0703. The van der Waals surface area contributed by atoms with Gasteiger partial charge in [-0.25, -0.2) is 13.8 Å². The minimum atomic E-state index is -0.536. The molecule has 1 aromatic heterocycles. The number of halogens is 2. The van der Waals surface area contributed by atoms with Gasteiger partial charge in [-0.1, -0.05) is 12.1 Å². The lowest BCUT2D eigenvalue weighted by atomic mass is 10.0. The van der Waals surface area contributed by atoms with Gasteiger partial charge in [0.1, 0.15) is 17.5 Å². The fraction of sp³-hybridized carbons (Fsp3) is 0.267. The van der Waals surface area contributed by atoms with Gasteiger partial charge >= 0.3 is 0 Å². The lowest BCUT2D eigenvalue weighted by Gasteiger charge is -2.26. The van der Waals surface area contributed by atoms with Crippen molar-refractivity contribution in [2.75, 3.05) is 26.0 Å². The van der Waals surface area contributed by atoms with Gasteiger partial charge in [-0.2, -0.15) is 0 Å². The van der Waals surface area contributed by atoms with Gasteiger partial charge in [-0.3, -0.25) is 0 Å². The highest BCUT2D eigenvalue weighted by Crippen LogP contribution is 2.24. The molecule has 0 radical (unpaired) electrons. The average Bonchev–Trinajstić information content (AvgIpc) is 2.42. The minimum Gasteiger partial charge on any atom is -0.368 e. The molecule has 0 bridgehead atoms. The highest BCUT2D eigenvalue weighted by molar-refractivity contribution is 5.34. The Kier molecular flexibility index (Phi) is 4.63. The van der Waals surface area contributed by atoms with Crippen molar-refractivity contribution in [3.8, 4) is 0 Å². The molecular formula is C15H17F2N3. The summed E-state index contributed by atoms with van der Waals surface area (Å²) in [6.07, 6.45) is 1.66. The van der Waals surface area contributed by atoms with Crippen molar-refractivity contribution in [3.63, 3.8) is 0 Å². The number of nitrogens with zero attached hydrogens (tertiary/aromatic N) is 2. The summed E-state index contributed by atoms with van der Waals surface area (Å²) in [5.74, 6) is -0.394. The predicted octanol–water partition coefficient (Wildman–Crippen LogP) is 3.07. The standard InChI is InChI=1S/C15H17F2N3/c1-20(2)13(10-19-14-8-3-4-9-18-14)15-11(16)6-5-7-12(15)17/h3-9,13H,10H2,1-2H3,(H,18,19). The van der Waals surface area contributed by atoms with Crippen molar-refractivity contribution in [2.45, 2.75) is 6.04 Å². The molecule has 20 heavy (non-hydrogen) atoms. The summed E-state index contributed by atoms with van der Waals surface area (Å²) >= 11 is 0. The number of aromatic nitrogens is 1. The second-order valence-electron chi connectivity index (χ2n) is 4.71. The van der Waals surface area contributed by atoms with Gasteiger partial charge in [-0.15, -0.1) is 0 Å². The van der Waals surface area contributed by atoms with E-state index in [1.807, 2.05) is 18.2 Å². The van der Waals surface area contributed by atoms with Crippen LogP contribution in [0.15, 0.2) is 42.6 Å². The Balaban J connectivity index is 2.20. The fourth-order valence-electron chi connectivity index (χ4n) is 2.04. The normalized spacial score (nSPS) is 12.4. The summed E-state index contributed by atoms with van der Waals surface area (Å²) < 4.78 is 27.8. The Morgan fingerprint density at radius 3 is 2.35 bits per heavy atom. The van der Waals surface area contributed by atoms with Crippen molar-refractivity contribution in [2.24, 2.45) is 0 Å².